The van der Waals surface area contributed by atoms with E-state index >= 15 is 0 Å². The second kappa shape index (κ2) is 5.81. The Morgan fingerprint density at radius 1 is 1.63 bits per heavy atom. The van der Waals surface area contributed by atoms with Crippen molar-refractivity contribution in [3.63, 3.8) is 0 Å². The zero-order valence-electron chi connectivity index (χ0n) is 10.6. The summed E-state index contributed by atoms with van der Waals surface area (Å²) in [6.07, 6.45) is 1.14. The highest BCUT2D eigenvalue weighted by atomic mass is 16.5. The summed E-state index contributed by atoms with van der Waals surface area (Å²) in [4.78, 5) is 1.91. The molecule has 0 amide bonds. The molecule has 1 aromatic rings. The van der Waals surface area contributed by atoms with Gasteiger partial charge in [-0.3, -0.25) is 0 Å². The number of nitrogens with two attached hydrogens (primary N) is 1. The van der Waals surface area contributed by atoms with Crippen LogP contribution in [0.2, 0.25) is 0 Å². The van der Waals surface area contributed by atoms with Gasteiger partial charge in [-0.25, -0.2) is 0 Å². The highest BCUT2D eigenvalue weighted by molar-refractivity contribution is 6.01. The molecule has 1 fully saturated rings. The summed E-state index contributed by atoms with van der Waals surface area (Å²) in [5.41, 5.74) is 6.13. The SMILES string of the molecule is CC1CN(c2nnccc2/C(N)=N/O)CC(CO)O1. The summed E-state index contributed by atoms with van der Waals surface area (Å²) in [6.45, 7) is 2.92. The van der Waals surface area contributed by atoms with E-state index in [4.69, 9.17) is 15.7 Å². The summed E-state index contributed by atoms with van der Waals surface area (Å²) in [7, 11) is 0. The van der Waals surface area contributed by atoms with Crippen LogP contribution in [-0.2, 0) is 4.74 Å². The topological polar surface area (TPSA) is 117 Å². The van der Waals surface area contributed by atoms with E-state index in [1.807, 2.05) is 11.8 Å². The number of aromatic nitrogens is 2. The molecule has 1 aromatic heterocycles. The zero-order chi connectivity index (χ0) is 13.8. The molecule has 0 radical (unpaired) electrons. The highest BCUT2D eigenvalue weighted by Gasteiger charge is 2.27. The number of oxime groups is 1. The van der Waals surface area contributed by atoms with Crippen molar-refractivity contribution in [2.45, 2.75) is 19.1 Å². The van der Waals surface area contributed by atoms with Gasteiger partial charge in [-0.15, -0.1) is 5.10 Å². The number of anilines is 1. The van der Waals surface area contributed by atoms with Crippen LogP contribution in [-0.4, -0.2) is 58.3 Å². The maximum atomic E-state index is 9.22. The average molecular weight is 267 g/mol. The van der Waals surface area contributed by atoms with E-state index in [0.717, 1.165) is 0 Å². The van der Waals surface area contributed by atoms with E-state index in [9.17, 15) is 5.11 Å². The first-order valence-electron chi connectivity index (χ1n) is 5.96. The lowest BCUT2D eigenvalue weighted by molar-refractivity contribution is -0.0423. The maximum absolute atomic E-state index is 9.22. The van der Waals surface area contributed by atoms with Crippen LogP contribution >= 0.6 is 0 Å². The number of amidine groups is 1. The summed E-state index contributed by atoms with van der Waals surface area (Å²) in [5, 5.41) is 28.9. The quantitative estimate of drug-likeness (QED) is 0.283. The molecule has 0 aliphatic carbocycles. The molecule has 8 heteroatoms. The molecule has 2 rings (SSSR count). The van der Waals surface area contributed by atoms with E-state index < -0.39 is 0 Å². The molecule has 1 aliphatic heterocycles. The minimum atomic E-state index is -0.286. The van der Waals surface area contributed by atoms with Crippen LogP contribution in [0.3, 0.4) is 0 Å². The number of hydrogen-bond acceptors (Lipinski definition) is 7. The van der Waals surface area contributed by atoms with E-state index in [-0.39, 0.29) is 24.7 Å². The number of nitrogens with zero attached hydrogens (tertiary/aromatic N) is 4. The van der Waals surface area contributed by atoms with Gasteiger partial charge >= 0.3 is 0 Å². The zero-order valence-corrected chi connectivity index (χ0v) is 10.6. The Morgan fingerprint density at radius 2 is 2.42 bits per heavy atom. The van der Waals surface area contributed by atoms with Crippen molar-refractivity contribution in [2.24, 2.45) is 10.9 Å². The second-order valence-electron chi connectivity index (χ2n) is 4.41. The number of hydrogen-bond donors (Lipinski definition) is 3. The second-order valence-corrected chi connectivity index (χ2v) is 4.41. The van der Waals surface area contributed by atoms with Crippen molar-refractivity contribution >= 4 is 11.7 Å². The Morgan fingerprint density at radius 3 is 3.11 bits per heavy atom. The smallest absolute Gasteiger partial charge is 0.173 e. The molecule has 4 N–H and O–H groups in total. The standard InChI is InChI=1S/C11H17N5O3/c1-7-4-16(5-8(6-17)19-7)11-9(10(12)15-18)2-3-13-14-11/h2-3,7-8,17-18H,4-6H2,1H3,(H2,12,15). The third-order valence-corrected chi connectivity index (χ3v) is 2.91. The number of aliphatic hydroxyl groups excluding tert-OH is 1. The summed E-state index contributed by atoms with van der Waals surface area (Å²) >= 11 is 0. The van der Waals surface area contributed by atoms with E-state index in [0.29, 0.717) is 24.5 Å². The molecule has 8 nitrogen and oxygen atoms in total. The first-order chi connectivity index (χ1) is 9.15. The Balaban J connectivity index is 2.30. The average Bonchev–Trinajstić information content (AvgIpc) is 2.45. The van der Waals surface area contributed by atoms with Crippen LogP contribution in [0.5, 0.6) is 0 Å². The molecule has 1 aliphatic rings. The predicted octanol–water partition coefficient (Wildman–Crippen LogP) is -0.843. The molecule has 2 unspecified atom stereocenters. The third kappa shape index (κ3) is 2.91. The van der Waals surface area contributed by atoms with Crippen LogP contribution in [0.4, 0.5) is 5.82 Å². The monoisotopic (exact) mass is 267 g/mol. The lowest BCUT2D eigenvalue weighted by Crippen LogP contribution is -2.49. The normalized spacial score (nSPS) is 24.5. The molecular weight excluding hydrogens is 250 g/mol. The van der Waals surface area contributed by atoms with Gasteiger partial charge in [-0.05, 0) is 13.0 Å². The third-order valence-electron chi connectivity index (χ3n) is 2.91. The minimum absolute atomic E-state index is 0.0235. The van der Waals surface area contributed by atoms with Crippen LogP contribution in [0.15, 0.2) is 17.4 Å². The van der Waals surface area contributed by atoms with Gasteiger partial charge in [0.05, 0.1) is 30.6 Å². The highest BCUT2D eigenvalue weighted by Crippen LogP contribution is 2.21. The number of rotatable bonds is 3. The van der Waals surface area contributed by atoms with Gasteiger partial charge in [0.2, 0.25) is 0 Å². The van der Waals surface area contributed by atoms with E-state index in [2.05, 4.69) is 15.4 Å². The minimum Gasteiger partial charge on any atom is -0.409 e. The number of morpholine rings is 1. The fraction of sp³-hybridized carbons (Fsp3) is 0.545. The molecule has 0 saturated carbocycles. The van der Waals surface area contributed by atoms with Gasteiger partial charge in [0, 0.05) is 13.1 Å². The van der Waals surface area contributed by atoms with Crippen LogP contribution in [0.25, 0.3) is 0 Å². The molecule has 0 bridgehead atoms. The lowest BCUT2D eigenvalue weighted by atomic mass is 10.2. The van der Waals surface area contributed by atoms with Gasteiger partial charge < -0.3 is 25.7 Å². The van der Waals surface area contributed by atoms with Crippen molar-refractivity contribution in [3.05, 3.63) is 17.8 Å². The fourth-order valence-corrected chi connectivity index (χ4v) is 2.13. The van der Waals surface area contributed by atoms with Gasteiger partial charge in [0.25, 0.3) is 0 Å². The molecule has 19 heavy (non-hydrogen) atoms. The van der Waals surface area contributed by atoms with Crippen LogP contribution in [0, 0.1) is 0 Å². The van der Waals surface area contributed by atoms with Gasteiger partial charge in [-0.2, -0.15) is 5.10 Å². The first kappa shape index (κ1) is 13.5. The van der Waals surface area contributed by atoms with Crippen LogP contribution in [0.1, 0.15) is 12.5 Å². The Kier molecular flexibility index (Phi) is 4.13. The van der Waals surface area contributed by atoms with Gasteiger partial charge in [0.1, 0.15) is 0 Å². The van der Waals surface area contributed by atoms with E-state index in [1.165, 1.54) is 6.20 Å². The number of aliphatic hydroxyl groups is 1. The van der Waals surface area contributed by atoms with Crippen molar-refractivity contribution in [2.75, 3.05) is 24.6 Å². The Hall–Kier alpha value is -1.93. The fourth-order valence-electron chi connectivity index (χ4n) is 2.13. The van der Waals surface area contributed by atoms with Crippen molar-refractivity contribution in [3.8, 4) is 0 Å². The van der Waals surface area contributed by atoms with Crippen molar-refractivity contribution in [1.82, 2.24) is 10.2 Å². The molecule has 1 saturated heterocycles. The van der Waals surface area contributed by atoms with E-state index in [1.54, 1.807) is 6.07 Å². The van der Waals surface area contributed by atoms with Crippen molar-refractivity contribution < 1.29 is 15.1 Å². The molecule has 104 valence electrons. The maximum Gasteiger partial charge on any atom is 0.173 e. The molecule has 0 spiro atoms. The Labute approximate surface area is 110 Å². The first-order valence-corrected chi connectivity index (χ1v) is 5.96. The number of ether oxygens (including phenoxy) is 1. The van der Waals surface area contributed by atoms with Crippen molar-refractivity contribution in [1.29, 1.82) is 0 Å². The summed E-state index contributed by atoms with van der Waals surface area (Å²) in [5.74, 6) is 0.496. The van der Waals surface area contributed by atoms with Gasteiger partial charge in [0.15, 0.2) is 11.7 Å². The lowest BCUT2D eigenvalue weighted by Gasteiger charge is -2.37. The Bertz CT molecular complexity index is 467. The predicted molar refractivity (Wildman–Crippen MR) is 68.2 cm³/mol. The summed E-state index contributed by atoms with van der Waals surface area (Å²) < 4.78 is 5.56. The molecule has 2 atom stereocenters. The molecular formula is C11H17N5O3. The van der Waals surface area contributed by atoms with Crippen LogP contribution < -0.4 is 10.6 Å². The molecule has 2 heterocycles. The largest absolute Gasteiger partial charge is 0.409 e. The summed E-state index contributed by atoms with van der Waals surface area (Å²) in [6, 6.07) is 1.63. The van der Waals surface area contributed by atoms with Gasteiger partial charge in [-0.1, -0.05) is 5.16 Å². The molecule has 0 aromatic carbocycles.